The minimum atomic E-state index is -0.413. The van der Waals surface area contributed by atoms with Gasteiger partial charge in [0, 0.05) is 19.0 Å². The lowest BCUT2D eigenvalue weighted by Crippen LogP contribution is -2.36. The van der Waals surface area contributed by atoms with Crippen LogP contribution in [0, 0.1) is 6.92 Å². The van der Waals surface area contributed by atoms with Gasteiger partial charge < -0.3 is 24.3 Å². The number of aryl methyl sites for hydroxylation is 1. The Balaban J connectivity index is 0.00000392. The lowest BCUT2D eigenvalue weighted by Gasteiger charge is -2.09. The summed E-state index contributed by atoms with van der Waals surface area (Å²) >= 11 is 0. The van der Waals surface area contributed by atoms with Gasteiger partial charge >= 0.3 is 5.97 Å². The Hall–Kier alpha value is -2.04. The van der Waals surface area contributed by atoms with Crippen LogP contribution in [0.25, 0.3) is 0 Å². The van der Waals surface area contributed by atoms with Crippen molar-refractivity contribution in [2.75, 3.05) is 14.2 Å². The molecule has 0 radical (unpaired) electrons. The molecule has 2 aromatic rings. The van der Waals surface area contributed by atoms with Gasteiger partial charge in [-0.05, 0) is 25.8 Å². The number of halogens is 1. The summed E-state index contributed by atoms with van der Waals surface area (Å²) in [5, 5.41) is 10.5. The molecule has 0 aromatic carbocycles. The number of methoxy groups -OCH3 is 1. The quantitative estimate of drug-likeness (QED) is 0.244. The highest BCUT2D eigenvalue weighted by Crippen LogP contribution is 2.22. The predicted octanol–water partition coefficient (Wildman–Crippen LogP) is 3.75. The van der Waals surface area contributed by atoms with E-state index in [1.54, 1.807) is 20.0 Å². The molecule has 2 heterocycles. The van der Waals surface area contributed by atoms with Gasteiger partial charge in [-0.1, -0.05) is 19.0 Å². The number of nitrogens with one attached hydrogen (secondary N) is 2. The molecule has 0 aliphatic rings. The first kappa shape index (κ1) is 24.0. The van der Waals surface area contributed by atoms with Crippen LogP contribution in [0.1, 0.15) is 65.9 Å². The maximum atomic E-state index is 11.6. The van der Waals surface area contributed by atoms with Crippen molar-refractivity contribution in [3.05, 3.63) is 40.7 Å². The number of rotatable bonds is 8. The molecule has 0 unspecified atom stereocenters. The Morgan fingerprint density at radius 1 is 1.21 bits per heavy atom. The third-order valence-electron chi connectivity index (χ3n) is 4.44. The standard InChI is InChI=1S/C19H28N4O4.HI/c1-6-13(7-2)17-9-15(27-23-17)11-22-19(20-4)21-10-14-8-16(12(3)26-14)18(24)25-5;/h8-9,13H,6-7,10-11H2,1-5H3,(H2,20,21,22);1H. The van der Waals surface area contributed by atoms with Crippen LogP contribution in [0.3, 0.4) is 0 Å². The summed E-state index contributed by atoms with van der Waals surface area (Å²) < 4.78 is 15.7. The largest absolute Gasteiger partial charge is 0.465 e. The Morgan fingerprint density at radius 2 is 1.86 bits per heavy atom. The van der Waals surface area contributed by atoms with Crippen molar-refractivity contribution < 1.29 is 18.5 Å². The van der Waals surface area contributed by atoms with Gasteiger partial charge in [0.25, 0.3) is 0 Å². The summed E-state index contributed by atoms with van der Waals surface area (Å²) in [5.41, 5.74) is 1.41. The van der Waals surface area contributed by atoms with Crippen molar-refractivity contribution >= 4 is 35.9 Å². The molecule has 8 nitrogen and oxygen atoms in total. The van der Waals surface area contributed by atoms with Gasteiger partial charge in [-0.25, -0.2) is 4.79 Å². The monoisotopic (exact) mass is 504 g/mol. The third-order valence-corrected chi connectivity index (χ3v) is 4.44. The van der Waals surface area contributed by atoms with Crippen molar-refractivity contribution in [1.82, 2.24) is 15.8 Å². The summed E-state index contributed by atoms with van der Waals surface area (Å²) in [6.45, 7) is 6.87. The van der Waals surface area contributed by atoms with Gasteiger partial charge in [0.05, 0.1) is 25.9 Å². The molecule has 0 saturated heterocycles. The number of nitrogens with zero attached hydrogens (tertiary/aromatic N) is 2. The molecule has 0 saturated carbocycles. The SMILES string of the molecule is CCC(CC)c1cc(CNC(=NC)NCc2cc(C(=O)OC)c(C)o2)on1.I. The zero-order valence-corrected chi connectivity index (χ0v) is 19.3. The predicted molar refractivity (Wildman–Crippen MR) is 117 cm³/mol. The highest BCUT2D eigenvalue weighted by molar-refractivity contribution is 14.0. The van der Waals surface area contributed by atoms with Gasteiger partial charge in [0.15, 0.2) is 11.7 Å². The van der Waals surface area contributed by atoms with E-state index < -0.39 is 5.97 Å². The first-order valence-electron chi connectivity index (χ1n) is 9.09. The van der Waals surface area contributed by atoms with E-state index in [4.69, 9.17) is 13.7 Å². The van der Waals surface area contributed by atoms with E-state index in [1.165, 1.54) is 7.11 Å². The second kappa shape index (κ2) is 11.7. The number of hydrogen-bond donors (Lipinski definition) is 2. The molecule has 9 heteroatoms. The van der Waals surface area contributed by atoms with E-state index >= 15 is 0 Å². The number of carbonyl (C=O) groups excluding carboxylic acids is 1. The number of esters is 1. The van der Waals surface area contributed by atoms with Crippen molar-refractivity contribution in [2.24, 2.45) is 4.99 Å². The molecule has 0 atom stereocenters. The molecule has 2 rings (SSSR count). The lowest BCUT2D eigenvalue weighted by atomic mass is 9.99. The number of hydrogen-bond acceptors (Lipinski definition) is 6. The second-order valence-corrected chi connectivity index (χ2v) is 6.18. The molecule has 2 N–H and O–H groups in total. The molecule has 0 spiro atoms. The second-order valence-electron chi connectivity index (χ2n) is 6.18. The van der Waals surface area contributed by atoms with Gasteiger partial charge in [-0.3, -0.25) is 4.99 Å². The number of carbonyl (C=O) groups is 1. The Morgan fingerprint density at radius 3 is 2.43 bits per heavy atom. The molecule has 0 aliphatic carbocycles. The van der Waals surface area contributed by atoms with Crippen molar-refractivity contribution in [1.29, 1.82) is 0 Å². The Bertz CT molecular complexity index is 781. The highest BCUT2D eigenvalue weighted by atomic mass is 127. The smallest absolute Gasteiger partial charge is 0.341 e. The fourth-order valence-electron chi connectivity index (χ4n) is 2.82. The molecule has 0 bridgehead atoms. The van der Waals surface area contributed by atoms with Gasteiger partial charge in [-0.2, -0.15) is 0 Å². The Kier molecular flexibility index (Phi) is 10.0. The summed E-state index contributed by atoms with van der Waals surface area (Å²) in [6.07, 6.45) is 2.07. The molecular formula is C19H29IN4O4. The average molecular weight is 504 g/mol. The van der Waals surface area contributed by atoms with Crippen molar-refractivity contribution in [2.45, 2.75) is 52.6 Å². The summed E-state index contributed by atoms with van der Waals surface area (Å²) in [7, 11) is 3.02. The summed E-state index contributed by atoms with van der Waals surface area (Å²) in [4.78, 5) is 15.8. The molecule has 0 amide bonds. The maximum absolute atomic E-state index is 11.6. The number of aliphatic imine (C=N–C) groups is 1. The van der Waals surface area contributed by atoms with E-state index in [1.807, 2.05) is 6.07 Å². The summed E-state index contributed by atoms with van der Waals surface area (Å²) in [6, 6.07) is 3.65. The van der Waals surface area contributed by atoms with Crippen LogP contribution >= 0.6 is 24.0 Å². The first-order valence-corrected chi connectivity index (χ1v) is 9.09. The lowest BCUT2D eigenvalue weighted by molar-refractivity contribution is 0.0599. The zero-order valence-electron chi connectivity index (χ0n) is 17.0. The molecule has 0 aliphatic heterocycles. The van der Waals surface area contributed by atoms with E-state index in [0.717, 1.165) is 24.3 Å². The zero-order chi connectivity index (χ0) is 19.8. The van der Waals surface area contributed by atoms with Gasteiger partial charge in [-0.15, -0.1) is 24.0 Å². The fourth-order valence-corrected chi connectivity index (χ4v) is 2.82. The maximum Gasteiger partial charge on any atom is 0.341 e. The van der Waals surface area contributed by atoms with Crippen LogP contribution in [-0.4, -0.2) is 31.2 Å². The van der Waals surface area contributed by atoms with E-state index in [2.05, 4.69) is 34.6 Å². The van der Waals surface area contributed by atoms with E-state index in [9.17, 15) is 4.79 Å². The third kappa shape index (κ3) is 6.25. The van der Waals surface area contributed by atoms with Crippen molar-refractivity contribution in [3.63, 3.8) is 0 Å². The highest BCUT2D eigenvalue weighted by Gasteiger charge is 2.16. The van der Waals surface area contributed by atoms with Gasteiger partial charge in [0.1, 0.15) is 17.1 Å². The number of guanidine groups is 1. The molecule has 156 valence electrons. The average Bonchev–Trinajstić information content (AvgIpc) is 3.29. The van der Waals surface area contributed by atoms with Crippen LogP contribution in [0.15, 0.2) is 26.1 Å². The number of ether oxygens (including phenoxy) is 1. The fraction of sp³-hybridized carbons (Fsp3) is 0.526. The van der Waals surface area contributed by atoms with Crippen molar-refractivity contribution in [3.8, 4) is 0 Å². The minimum Gasteiger partial charge on any atom is -0.465 e. The van der Waals surface area contributed by atoms with Gasteiger partial charge in [0.2, 0.25) is 0 Å². The van der Waals surface area contributed by atoms with Crippen LogP contribution in [0.4, 0.5) is 0 Å². The van der Waals surface area contributed by atoms with E-state index in [-0.39, 0.29) is 24.0 Å². The van der Waals surface area contributed by atoms with Crippen LogP contribution in [-0.2, 0) is 17.8 Å². The van der Waals surface area contributed by atoms with Crippen LogP contribution in [0.5, 0.6) is 0 Å². The summed E-state index contributed by atoms with van der Waals surface area (Å²) in [5.74, 6) is 2.49. The first-order chi connectivity index (χ1) is 13.0. The number of furan rings is 1. The molecule has 28 heavy (non-hydrogen) atoms. The van der Waals surface area contributed by atoms with E-state index in [0.29, 0.717) is 42.1 Å². The minimum absolute atomic E-state index is 0. The van der Waals surface area contributed by atoms with Crippen LogP contribution in [0.2, 0.25) is 0 Å². The molecular weight excluding hydrogens is 475 g/mol. The normalized spacial score (nSPS) is 11.3. The molecule has 2 aromatic heterocycles. The Labute approximate surface area is 182 Å². The topological polar surface area (TPSA) is 102 Å². The molecule has 0 fully saturated rings. The number of aromatic nitrogens is 1. The van der Waals surface area contributed by atoms with Crippen LogP contribution < -0.4 is 10.6 Å².